The van der Waals surface area contributed by atoms with Gasteiger partial charge in [0.2, 0.25) is 0 Å². The van der Waals surface area contributed by atoms with Crippen molar-refractivity contribution in [3.05, 3.63) is 34.9 Å². The van der Waals surface area contributed by atoms with Gasteiger partial charge in [0.1, 0.15) is 17.5 Å². The number of nitrogens with one attached hydrogen (secondary N) is 1. The minimum atomic E-state index is -0.456. The number of benzene rings is 1. The maximum absolute atomic E-state index is 13.9. The number of nitrogens with two attached hydrogens (primary N) is 1. The van der Waals surface area contributed by atoms with Crippen molar-refractivity contribution in [2.45, 2.75) is 13.8 Å². The Labute approximate surface area is 91.3 Å². The SMILES string of the molecule is Cc1cc(F)c(C)c(-c2cc(N)n[nH]2)c1F. The molecule has 3 nitrogen and oxygen atoms in total. The maximum atomic E-state index is 13.9. The van der Waals surface area contributed by atoms with Gasteiger partial charge in [-0.2, -0.15) is 5.10 Å². The summed E-state index contributed by atoms with van der Waals surface area (Å²) in [6, 6.07) is 2.65. The highest BCUT2D eigenvalue weighted by Gasteiger charge is 2.16. The van der Waals surface area contributed by atoms with E-state index in [0.29, 0.717) is 5.69 Å². The van der Waals surface area contributed by atoms with E-state index < -0.39 is 11.6 Å². The van der Waals surface area contributed by atoms with Gasteiger partial charge >= 0.3 is 0 Å². The lowest BCUT2D eigenvalue weighted by atomic mass is 10.0. The Morgan fingerprint density at radius 1 is 1.25 bits per heavy atom. The van der Waals surface area contributed by atoms with Crippen LogP contribution in [0.3, 0.4) is 0 Å². The maximum Gasteiger partial charge on any atom is 0.145 e. The minimum Gasteiger partial charge on any atom is -0.382 e. The van der Waals surface area contributed by atoms with Crippen LogP contribution < -0.4 is 5.73 Å². The van der Waals surface area contributed by atoms with Gasteiger partial charge < -0.3 is 5.73 Å². The molecule has 0 atom stereocenters. The standard InChI is InChI=1S/C11H11F2N3/c1-5-3-7(12)6(2)10(11(5)13)8-4-9(14)16-15-8/h3-4H,1-2H3,(H3,14,15,16). The molecule has 2 rings (SSSR count). The molecule has 0 saturated carbocycles. The molecule has 0 spiro atoms. The average molecular weight is 223 g/mol. The number of anilines is 1. The normalized spacial score (nSPS) is 10.8. The molecule has 5 heteroatoms. The Balaban J connectivity index is 2.73. The van der Waals surface area contributed by atoms with E-state index in [-0.39, 0.29) is 22.5 Å². The van der Waals surface area contributed by atoms with E-state index in [1.54, 1.807) is 0 Å². The van der Waals surface area contributed by atoms with E-state index >= 15 is 0 Å². The minimum absolute atomic E-state index is 0.182. The third-order valence-electron chi connectivity index (χ3n) is 2.51. The van der Waals surface area contributed by atoms with Gasteiger partial charge in [0.15, 0.2) is 0 Å². The first-order valence-corrected chi connectivity index (χ1v) is 4.77. The van der Waals surface area contributed by atoms with Crippen LogP contribution in [0.1, 0.15) is 11.1 Å². The molecule has 0 aliphatic carbocycles. The highest BCUT2D eigenvalue weighted by atomic mass is 19.1. The van der Waals surface area contributed by atoms with E-state index in [9.17, 15) is 8.78 Å². The molecule has 0 saturated heterocycles. The molecular weight excluding hydrogens is 212 g/mol. The Morgan fingerprint density at radius 3 is 2.50 bits per heavy atom. The number of hydrogen-bond acceptors (Lipinski definition) is 2. The second kappa shape index (κ2) is 3.59. The van der Waals surface area contributed by atoms with Gasteiger partial charge in [-0.3, -0.25) is 5.10 Å². The van der Waals surface area contributed by atoms with Crippen LogP contribution >= 0.6 is 0 Å². The Kier molecular flexibility index (Phi) is 2.38. The van der Waals surface area contributed by atoms with E-state index in [1.807, 2.05) is 0 Å². The van der Waals surface area contributed by atoms with Crippen molar-refractivity contribution < 1.29 is 8.78 Å². The number of aromatic nitrogens is 2. The van der Waals surface area contributed by atoms with Crippen LogP contribution in [0.4, 0.5) is 14.6 Å². The summed E-state index contributed by atoms with van der Waals surface area (Å²) in [7, 11) is 0. The van der Waals surface area contributed by atoms with Crippen molar-refractivity contribution >= 4 is 5.82 Å². The van der Waals surface area contributed by atoms with Gasteiger partial charge in [-0.05, 0) is 31.0 Å². The number of halogens is 2. The van der Waals surface area contributed by atoms with Crippen LogP contribution in [-0.2, 0) is 0 Å². The van der Waals surface area contributed by atoms with Gasteiger partial charge in [-0.15, -0.1) is 0 Å². The summed E-state index contributed by atoms with van der Waals surface area (Å²) in [4.78, 5) is 0. The van der Waals surface area contributed by atoms with Crippen molar-refractivity contribution in [3.8, 4) is 11.3 Å². The first-order chi connectivity index (χ1) is 7.50. The second-order valence-corrected chi connectivity index (χ2v) is 3.70. The zero-order valence-electron chi connectivity index (χ0n) is 8.94. The Morgan fingerprint density at radius 2 is 1.94 bits per heavy atom. The number of rotatable bonds is 1. The van der Waals surface area contributed by atoms with Crippen LogP contribution in [0.5, 0.6) is 0 Å². The van der Waals surface area contributed by atoms with Gasteiger partial charge in [-0.25, -0.2) is 8.78 Å². The van der Waals surface area contributed by atoms with Crippen molar-refractivity contribution in [2.75, 3.05) is 5.73 Å². The molecule has 84 valence electrons. The summed E-state index contributed by atoms with van der Waals surface area (Å²) >= 11 is 0. The number of hydrogen-bond donors (Lipinski definition) is 2. The number of aryl methyl sites for hydroxylation is 1. The van der Waals surface area contributed by atoms with Crippen LogP contribution in [0.15, 0.2) is 12.1 Å². The average Bonchev–Trinajstić information content (AvgIpc) is 2.62. The fourth-order valence-electron chi connectivity index (χ4n) is 1.63. The van der Waals surface area contributed by atoms with Crippen molar-refractivity contribution in [1.29, 1.82) is 0 Å². The van der Waals surface area contributed by atoms with Crippen LogP contribution in [0.25, 0.3) is 11.3 Å². The molecule has 2 aromatic rings. The van der Waals surface area contributed by atoms with E-state index in [0.717, 1.165) is 0 Å². The predicted octanol–water partition coefficient (Wildman–Crippen LogP) is 2.55. The summed E-state index contributed by atoms with van der Waals surface area (Å²) in [6.45, 7) is 3.03. The Bertz CT molecular complexity index is 520. The summed E-state index contributed by atoms with van der Waals surface area (Å²) in [5, 5.41) is 6.27. The second-order valence-electron chi connectivity index (χ2n) is 3.70. The van der Waals surface area contributed by atoms with Crippen molar-refractivity contribution in [1.82, 2.24) is 10.2 Å². The molecule has 1 aromatic carbocycles. The third-order valence-corrected chi connectivity index (χ3v) is 2.51. The molecule has 0 radical (unpaired) electrons. The topological polar surface area (TPSA) is 54.7 Å². The molecule has 1 heterocycles. The summed E-state index contributed by atoms with van der Waals surface area (Å²) in [6.07, 6.45) is 0. The molecule has 0 aliphatic rings. The lowest BCUT2D eigenvalue weighted by Gasteiger charge is -2.08. The largest absolute Gasteiger partial charge is 0.382 e. The lowest BCUT2D eigenvalue weighted by molar-refractivity contribution is 0.588. The monoisotopic (exact) mass is 223 g/mol. The highest BCUT2D eigenvalue weighted by molar-refractivity contribution is 5.67. The molecule has 0 amide bonds. The molecule has 1 aromatic heterocycles. The van der Waals surface area contributed by atoms with Gasteiger partial charge in [0.25, 0.3) is 0 Å². The number of aromatic amines is 1. The van der Waals surface area contributed by atoms with Gasteiger partial charge in [-0.1, -0.05) is 0 Å². The van der Waals surface area contributed by atoms with Crippen LogP contribution in [0, 0.1) is 25.5 Å². The third kappa shape index (κ3) is 1.54. The molecule has 0 aliphatic heterocycles. The smallest absolute Gasteiger partial charge is 0.145 e. The predicted molar refractivity (Wildman–Crippen MR) is 57.8 cm³/mol. The van der Waals surface area contributed by atoms with E-state index in [4.69, 9.17) is 5.73 Å². The number of nitrogen functional groups attached to an aromatic ring is 1. The van der Waals surface area contributed by atoms with Crippen molar-refractivity contribution in [3.63, 3.8) is 0 Å². The fraction of sp³-hybridized carbons (Fsp3) is 0.182. The van der Waals surface area contributed by atoms with Crippen LogP contribution in [0.2, 0.25) is 0 Å². The summed E-state index contributed by atoms with van der Waals surface area (Å²) < 4.78 is 27.4. The molecule has 0 unspecified atom stereocenters. The van der Waals surface area contributed by atoms with Crippen LogP contribution in [-0.4, -0.2) is 10.2 Å². The first kappa shape index (κ1) is 10.6. The zero-order valence-corrected chi connectivity index (χ0v) is 8.94. The fourth-order valence-corrected chi connectivity index (χ4v) is 1.63. The quantitative estimate of drug-likeness (QED) is 0.780. The number of H-pyrrole nitrogens is 1. The Hall–Kier alpha value is -1.91. The molecule has 3 N–H and O–H groups in total. The molecule has 0 bridgehead atoms. The summed E-state index contributed by atoms with van der Waals surface area (Å²) in [5.41, 5.74) is 6.50. The van der Waals surface area contributed by atoms with Crippen molar-refractivity contribution in [2.24, 2.45) is 0 Å². The highest BCUT2D eigenvalue weighted by Crippen LogP contribution is 2.29. The molecular formula is C11H11F2N3. The lowest BCUT2D eigenvalue weighted by Crippen LogP contribution is -1.96. The van der Waals surface area contributed by atoms with Gasteiger partial charge in [0, 0.05) is 11.6 Å². The summed E-state index contributed by atoms with van der Waals surface area (Å²) in [5.74, 6) is -0.652. The first-order valence-electron chi connectivity index (χ1n) is 4.77. The van der Waals surface area contributed by atoms with E-state index in [2.05, 4.69) is 10.2 Å². The zero-order chi connectivity index (χ0) is 11.9. The molecule has 16 heavy (non-hydrogen) atoms. The van der Waals surface area contributed by atoms with Gasteiger partial charge in [0.05, 0.1) is 5.69 Å². The number of nitrogens with zero attached hydrogens (tertiary/aromatic N) is 1. The van der Waals surface area contributed by atoms with E-state index in [1.165, 1.54) is 26.0 Å². The molecule has 0 fully saturated rings.